The van der Waals surface area contributed by atoms with Crippen LogP contribution in [0.2, 0.25) is 0 Å². The van der Waals surface area contributed by atoms with Crippen LogP contribution >= 0.6 is 0 Å². The summed E-state index contributed by atoms with van der Waals surface area (Å²) in [6.45, 7) is 2.92. The first-order valence-electron chi connectivity index (χ1n) is 8.89. The molecule has 1 amide bonds. The van der Waals surface area contributed by atoms with Crippen LogP contribution in [0, 0.1) is 6.92 Å². The number of aryl methyl sites for hydroxylation is 1. The number of rotatable bonds is 3. The number of nitrogens with zero attached hydrogens (tertiary/aromatic N) is 3. The zero-order valence-corrected chi connectivity index (χ0v) is 14.9. The first-order valence-corrected chi connectivity index (χ1v) is 8.89. The second kappa shape index (κ2) is 7.19. The van der Waals surface area contributed by atoms with Crippen LogP contribution < -0.4 is 10.2 Å². The maximum absolute atomic E-state index is 12.7. The maximum Gasteiger partial charge on any atom is 0.289 e. The Labute approximate surface area is 155 Å². The van der Waals surface area contributed by atoms with Crippen molar-refractivity contribution in [1.82, 2.24) is 15.1 Å². The third-order valence-corrected chi connectivity index (χ3v) is 4.64. The van der Waals surface area contributed by atoms with Gasteiger partial charge in [-0.05, 0) is 25.1 Å². The molecule has 1 aliphatic rings. The van der Waals surface area contributed by atoms with Gasteiger partial charge in [-0.2, -0.15) is 5.10 Å². The molecule has 27 heavy (non-hydrogen) atoms. The van der Waals surface area contributed by atoms with Crippen molar-refractivity contribution in [2.24, 2.45) is 0 Å². The van der Waals surface area contributed by atoms with Gasteiger partial charge in [0.2, 0.25) is 5.88 Å². The Balaban J connectivity index is 1.43. The molecule has 3 aromatic rings. The van der Waals surface area contributed by atoms with Crippen molar-refractivity contribution in [2.75, 3.05) is 13.1 Å². The van der Waals surface area contributed by atoms with Crippen molar-refractivity contribution in [1.29, 1.82) is 0 Å². The van der Waals surface area contributed by atoms with Crippen LogP contribution in [0.25, 0.3) is 11.0 Å². The van der Waals surface area contributed by atoms with E-state index in [1.165, 1.54) is 6.07 Å². The van der Waals surface area contributed by atoms with Gasteiger partial charge in [-0.1, -0.05) is 12.1 Å². The average molecular weight is 365 g/mol. The lowest BCUT2D eigenvalue weighted by atomic mass is 10.1. The highest BCUT2D eigenvalue weighted by Crippen LogP contribution is 2.19. The van der Waals surface area contributed by atoms with E-state index in [9.17, 15) is 9.59 Å². The van der Waals surface area contributed by atoms with Gasteiger partial charge in [0, 0.05) is 38.1 Å². The smallest absolute Gasteiger partial charge is 0.289 e. The average Bonchev–Trinajstić information content (AvgIpc) is 2.70. The number of piperidine rings is 1. The van der Waals surface area contributed by atoms with E-state index in [4.69, 9.17) is 9.15 Å². The summed E-state index contributed by atoms with van der Waals surface area (Å²) in [6, 6.07) is 11.8. The van der Waals surface area contributed by atoms with Crippen LogP contribution in [0.1, 0.15) is 29.1 Å². The highest BCUT2D eigenvalue weighted by Gasteiger charge is 2.26. The molecule has 4 rings (SSSR count). The topological polar surface area (TPSA) is 85.5 Å². The van der Waals surface area contributed by atoms with E-state index >= 15 is 0 Å². The molecule has 2 aromatic heterocycles. The van der Waals surface area contributed by atoms with Crippen LogP contribution in [0.15, 0.2) is 51.7 Å². The molecule has 0 saturated carbocycles. The van der Waals surface area contributed by atoms with Gasteiger partial charge in [-0.15, -0.1) is 5.10 Å². The van der Waals surface area contributed by atoms with Crippen LogP contribution in [0.3, 0.4) is 0 Å². The van der Waals surface area contributed by atoms with Gasteiger partial charge in [-0.3, -0.25) is 9.59 Å². The number of carbonyl (C=O) groups excluding carboxylic acids is 1. The van der Waals surface area contributed by atoms with Crippen molar-refractivity contribution < 1.29 is 13.9 Å². The van der Waals surface area contributed by atoms with Crippen LogP contribution in [-0.4, -0.2) is 40.2 Å². The molecule has 1 aliphatic heterocycles. The summed E-state index contributed by atoms with van der Waals surface area (Å²) >= 11 is 0. The van der Waals surface area contributed by atoms with Gasteiger partial charge in [0.25, 0.3) is 5.91 Å². The molecule has 7 nitrogen and oxygen atoms in total. The zero-order chi connectivity index (χ0) is 18.8. The summed E-state index contributed by atoms with van der Waals surface area (Å²) in [7, 11) is 0. The summed E-state index contributed by atoms with van der Waals surface area (Å²) < 4.78 is 11.5. The Morgan fingerprint density at radius 2 is 1.93 bits per heavy atom. The monoisotopic (exact) mass is 365 g/mol. The second-order valence-corrected chi connectivity index (χ2v) is 6.59. The lowest BCUT2D eigenvalue weighted by Crippen LogP contribution is -2.42. The van der Waals surface area contributed by atoms with Crippen LogP contribution in [0.5, 0.6) is 5.88 Å². The minimum atomic E-state index is -0.272. The lowest BCUT2D eigenvalue weighted by Gasteiger charge is -2.31. The lowest BCUT2D eigenvalue weighted by molar-refractivity contribution is 0.0558. The summed E-state index contributed by atoms with van der Waals surface area (Å²) in [5, 5.41) is 8.46. The summed E-state index contributed by atoms with van der Waals surface area (Å²) in [4.78, 5) is 26.6. The number of hydrogen-bond donors (Lipinski definition) is 0. The molecule has 0 radical (unpaired) electrons. The van der Waals surface area contributed by atoms with Gasteiger partial charge in [-0.25, -0.2) is 0 Å². The molecule has 1 fully saturated rings. The molecule has 1 aromatic carbocycles. The van der Waals surface area contributed by atoms with Crippen LogP contribution in [0.4, 0.5) is 0 Å². The molecule has 0 spiro atoms. The van der Waals surface area contributed by atoms with Gasteiger partial charge < -0.3 is 14.1 Å². The van der Waals surface area contributed by atoms with Crippen molar-refractivity contribution in [3.05, 3.63) is 64.1 Å². The fourth-order valence-electron chi connectivity index (χ4n) is 3.16. The quantitative estimate of drug-likeness (QED) is 0.709. The van der Waals surface area contributed by atoms with E-state index < -0.39 is 0 Å². The predicted molar refractivity (Wildman–Crippen MR) is 98.8 cm³/mol. The Hall–Kier alpha value is -3.22. The van der Waals surface area contributed by atoms with E-state index in [0.717, 1.165) is 5.69 Å². The molecular weight excluding hydrogens is 346 g/mol. The number of aromatic nitrogens is 2. The number of ether oxygens (including phenoxy) is 1. The standard InChI is InChI=1S/C20H19N3O4/c1-13-6-7-19(22-21-13)26-14-8-10-23(11-9-14)20(25)18-12-16(24)15-4-2-3-5-17(15)27-18/h2-7,12,14H,8-11H2,1H3. The number of fused-ring (bicyclic) bond motifs is 1. The molecule has 0 aliphatic carbocycles. The minimum Gasteiger partial charge on any atom is -0.473 e. The number of carbonyl (C=O) groups is 1. The number of para-hydroxylation sites is 1. The van der Waals surface area contributed by atoms with Crippen LogP contribution in [-0.2, 0) is 0 Å². The Kier molecular flexibility index (Phi) is 4.58. The minimum absolute atomic E-state index is 0.0188. The van der Waals surface area contributed by atoms with E-state index in [-0.39, 0.29) is 23.2 Å². The zero-order valence-electron chi connectivity index (χ0n) is 14.9. The first-order chi connectivity index (χ1) is 13.1. The Morgan fingerprint density at radius 3 is 2.67 bits per heavy atom. The van der Waals surface area contributed by atoms with Gasteiger partial charge in [0.15, 0.2) is 11.2 Å². The van der Waals surface area contributed by atoms with Crippen molar-refractivity contribution in [3.63, 3.8) is 0 Å². The predicted octanol–water partition coefficient (Wildman–Crippen LogP) is 2.58. The molecule has 0 bridgehead atoms. The molecule has 0 atom stereocenters. The number of hydrogen-bond acceptors (Lipinski definition) is 6. The normalized spacial score (nSPS) is 15.1. The largest absolute Gasteiger partial charge is 0.473 e. The van der Waals surface area contributed by atoms with Gasteiger partial charge >= 0.3 is 0 Å². The summed E-state index contributed by atoms with van der Waals surface area (Å²) in [6.07, 6.45) is 1.34. The molecule has 0 N–H and O–H groups in total. The Morgan fingerprint density at radius 1 is 1.15 bits per heavy atom. The second-order valence-electron chi connectivity index (χ2n) is 6.59. The SMILES string of the molecule is Cc1ccc(OC2CCN(C(=O)c3cc(=O)c4ccccc4o3)CC2)nn1. The Bertz CT molecular complexity index is 1020. The van der Waals surface area contributed by atoms with Crippen molar-refractivity contribution in [2.45, 2.75) is 25.9 Å². The maximum atomic E-state index is 12.7. The molecule has 3 heterocycles. The van der Waals surface area contributed by atoms with E-state index in [1.54, 1.807) is 35.2 Å². The number of benzene rings is 1. The molecule has 138 valence electrons. The molecule has 0 unspecified atom stereocenters. The van der Waals surface area contributed by atoms with Crippen molar-refractivity contribution in [3.8, 4) is 5.88 Å². The van der Waals surface area contributed by atoms with E-state index in [0.29, 0.717) is 42.8 Å². The van der Waals surface area contributed by atoms with E-state index in [1.807, 2.05) is 13.0 Å². The van der Waals surface area contributed by atoms with Gasteiger partial charge in [0.1, 0.15) is 11.7 Å². The summed E-state index contributed by atoms with van der Waals surface area (Å²) in [5.41, 5.74) is 1.04. The van der Waals surface area contributed by atoms with E-state index in [2.05, 4.69) is 10.2 Å². The fourth-order valence-corrected chi connectivity index (χ4v) is 3.16. The highest BCUT2D eigenvalue weighted by atomic mass is 16.5. The van der Waals surface area contributed by atoms with Crippen molar-refractivity contribution >= 4 is 16.9 Å². The number of likely N-dealkylation sites (tertiary alicyclic amines) is 1. The third kappa shape index (κ3) is 3.67. The molecular formula is C20H19N3O4. The molecule has 1 saturated heterocycles. The third-order valence-electron chi connectivity index (χ3n) is 4.64. The number of amides is 1. The highest BCUT2D eigenvalue weighted by molar-refractivity contribution is 5.93. The van der Waals surface area contributed by atoms with Gasteiger partial charge in [0.05, 0.1) is 11.1 Å². The summed E-state index contributed by atoms with van der Waals surface area (Å²) in [5.74, 6) is 0.291. The first kappa shape index (κ1) is 17.2. The molecule has 7 heteroatoms. The fraction of sp³-hybridized carbons (Fsp3) is 0.300.